The molecule has 3 heteroatoms. The van der Waals surface area contributed by atoms with Crippen molar-refractivity contribution in [1.82, 2.24) is 4.98 Å². The Bertz CT molecular complexity index is 656. The number of nitrogens with zero attached hydrogens (tertiary/aromatic N) is 1. The lowest BCUT2D eigenvalue weighted by Crippen LogP contribution is -2.04. The van der Waals surface area contributed by atoms with Crippen molar-refractivity contribution in [2.45, 2.75) is 65.7 Å². The lowest BCUT2D eigenvalue weighted by molar-refractivity contribution is 0.282. The maximum atomic E-state index is 6.11. The molecular formula is C24H35NO2. The molecule has 1 aromatic heterocycles. The fraction of sp³-hybridized carbons (Fsp3) is 0.542. The van der Waals surface area contributed by atoms with Gasteiger partial charge in [-0.15, -0.1) is 0 Å². The van der Waals surface area contributed by atoms with E-state index < -0.39 is 0 Å². The second-order valence-corrected chi connectivity index (χ2v) is 7.28. The van der Waals surface area contributed by atoms with Gasteiger partial charge in [0, 0.05) is 17.3 Å². The van der Waals surface area contributed by atoms with Crippen LogP contribution in [0.3, 0.4) is 0 Å². The molecule has 2 rings (SSSR count). The fourth-order valence-corrected chi connectivity index (χ4v) is 2.99. The molecule has 3 nitrogen and oxygen atoms in total. The topological polar surface area (TPSA) is 31.4 Å². The Hall–Kier alpha value is -2.03. The van der Waals surface area contributed by atoms with Crippen LogP contribution in [-0.2, 0) is 0 Å². The number of ether oxygens (including phenoxy) is 2. The molecule has 0 fully saturated rings. The Morgan fingerprint density at radius 1 is 0.852 bits per heavy atom. The first-order chi connectivity index (χ1) is 13.3. The fourth-order valence-electron chi connectivity index (χ4n) is 2.99. The molecule has 0 spiro atoms. The van der Waals surface area contributed by atoms with Gasteiger partial charge >= 0.3 is 0 Å². The summed E-state index contributed by atoms with van der Waals surface area (Å²) in [6.07, 6.45) is 12.1. The van der Waals surface area contributed by atoms with Gasteiger partial charge < -0.3 is 9.47 Å². The first-order valence-corrected chi connectivity index (χ1v) is 10.5. The van der Waals surface area contributed by atoms with Crippen molar-refractivity contribution in [2.24, 2.45) is 5.92 Å². The molecule has 1 unspecified atom stereocenters. The summed E-state index contributed by atoms with van der Waals surface area (Å²) < 4.78 is 12.2. The predicted octanol–water partition coefficient (Wildman–Crippen LogP) is 6.91. The van der Waals surface area contributed by atoms with Gasteiger partial charge in [0.05, 0.1) is 19.4 Å². The standard InChI is InChI=1S/C24H35NO2/c1-4-6-7-8-11-17-26-24-19-25-16-14-22(24)21-12-9-10-13-23(21)27-18-15-20(3)5-2/h9-10,12-14,16,19-20H,4-8,11,15,17-18H2,1-3H3. The summed E-state index contributed by atoms with van der Waals surface area (Å²) in [5, 5.41) is 0. The number of hydrogen-bond acceptors (Lipinski definition) is 3. The van der Waals surface area contributed by atoms with Gasteiger partial charge in [-0.1, -0.05) is 71.1 Å². The lowest BCUT2D eigenvalue weighted by Gasteiger charge is -2.16. The van der Waals surface area contributed by atoms with Crippen molar-refractivity contribution in [3.63, 3.8) is 0 Å². The molecular weight excluding hydrogens is 334 g/mol. The number of benzene rings is 1. The largest absolute Gasteiger partial charge is 0.493 e. The highest BCUT2D eigenvalue weighted by atomic mass is 16.5. The number of pyridine rings is 1. The van der Waals surface area contributed by atoms with Crippen LogP contribution in [0, 0.1) is 5.92 Å². The van der Waals surface area contributed by atoms with E-state index in [-0.39, 0.29) is 0 Å². The molecule has 1 atom stereocenters. The predicted molar refractivity (Wildman–Crippen MR) is 113 cm³/mol. The molecule has 0 amide bonds. The highest BCUT2D eigenvalue weighted by molar-refractivity contribution is 5.75. The molecule has 27 heavy (non-hydrogen) atoms. The van der Waals surface area contributed by atoms with Crippen molar-refractivity contribution >= 4 is 0 Å². The maximum Gasteiger partial charge on any atom is 0.145 e. The molecule has 0 aliphatic heterocycles. The van der Waals surface area contributed by atoms with Crippen molar-refractivity contribution in [3.8, 4) is 22.6 Å². The Balaban J connectivity index is 2.02. The Morgan fingerprint density at radius 3 is 2.41 bits per heavy atom. The van der Waals surface area contributed by atoms with Crippen LogP contribution < -0.4 is 9.47 Å². The minimum absolute atomic E-state index is 0.685. The minimum Gasteiger partial charge on any atom is -0.493 e. The third-order valence-corrected chi connectivity index (χ3v) is 5.03. The van der Waals surface area contributed by atoms with E-state index in [0.717, 1.165) is 48.7 Å². The van der Waals surface area contributed by atoms with Crippen molar-refractivity contribution < 1.29 is 9.47 Å². The van der Waals surface area contributed by atoms with Crippen LogP contribution in [0.2, 0.25) is 0 Å². The van der Waals surface area contributed by atoms with Gasteiger partial charge in [-0.25, -0.2) is 0 Å². The zero-order chi connectivity index (χ0) is 19.3. The number of para-hydroxylation sites is 1. The van der Waals surface area contributed by atoms with E-state index in [4.69, 9.17) is 9.47 Å². The quantitative estimate of drug-likeness (QED) is 0.359. The van der Waals surface area contributed by atoms with E-state index in [9.17, 15) is 0 Å². The van der Waals surface area contributed by atoms with Gasteiger partial charge in [0.2, 0.25) is 0 Å². The molecule has 0 N–H and O–H groups in total. The smallest absolute Gasteiger partial charge is 0.145 e. The lowest BCUT2D eigenvalue weighted by atomic mass is 10.0. The van der Waals surface area contributed by atoms with E-state index in [1.165, 1.54) is 32.1 Å². The number of aromatic nitrogens is 1. The van der Waals surface area contributed by atoms with Crippen LogP contribution in [0.4, 0.5) is 0 Å². The molecule has 1 aromatic carbocycles. The zero-order valence-corrected chi connectivity index (χ0v) is 17.2. The summed E-state index contributed by atoms with van der Waals surface area (Å²) in [5.41, 5.74) is 2.13. The Labute approximate surface area is 165 Å². The van der Waals surface area contributed by atoms with E-state index in [0.29, 0.717) is 5.92 Å². The van der Waals surface area contributed by atoms with Crippen LogP contribution in [-0.4, -0.2) is 18.2 Å². The molecule has 0 aliphatic rings. The molecule has 0 aliphatic carbocycles. The normalized spacial score (nSPS) is 12.0. The first-order valence-electron chi connectivity index (χ1n) is 10.5. The van der Waals surface area contributed by atoms with Crippen LogP contribution in [0.1, 0.15) is 65.7 Å². The second kappa shape index (κ2) is 12.4. The number of hydrogen-bond donors (Lipinski definition) is 0. The summed E-state index contributed by atoms with van der Waals surface area (Å²) in [6.45, 7) is 8.21. The van der Waals surface area contributed by atoms with E-state index in [1.54, 1.807) is 0 Å². The molecule has 148 valence electrons. The highest BCUT2D eigenvalue weighted by Crippen LogP contribution is 2.36. The van der Waals surface area contributed by atoms with Crippen LogP contribution >= 0.6 is 0 Å². The van der Waals surface area contributed by atoms with Gasteiger partial charge in [0.25, 0.3) is 0 Å². The third kappa shape index (κ3) is 7.24. The Kier molecular flexibility index (Phi) is 9.75. The van der Waals surface area contributed by atoms with Crippen molar-refractivity contribution in [1.29, 1.82) is 0 Å². The SMILES string of the molecule is CCCCCCCOc1cnccc1-c1ccccc1OCCC(C)CC. The average Bonchev–Trinajstić information content (AvgIpc) is 2.71. The summed E-state index contributed by atoms with van der Waals surface area (Å²) in [4.78, 5) is 4.26. The molecule has 0 bridgehead atoms. The number of unbranched alkanes of at least 4 members (excludes halogenated alkanes) is 4. The molecule has 0 saturated carbocycles. The molecule has 0 saturated heterocycles. The Morgan fingerprint density at radius 2 is 1.59 bits per heavy atom. The highest BCUT2D eigenvalue weighted by Gasteiger charge is 2.12. The van der Waals surface area contributed by atoms with Gasteiger partial charge in [-0.05, 0) is 30.9 Å². The van der Waals surface area contributed by atoms with E-state index >= 15 is 0 Å². The van der Waals surface area contributed by atoms with Crippen LogP contribution in [0.25, 0.3) is 11.1 Å². The average molecular weight is 370 g/mol. The maximum absolute atomic E-state index is 6.11. The zero-order valence-electron chi connectivity index (χ0n) is 17.2. The number of rotatable bonds is 13. The molecule has 1 heterocycles. The van der Waals surface area contributed by atoms with Gasteiger partial charge in [-0.2, -0.15) is 0 Å². The monoisotopic (exact) mass is 369 g/mol. The molecule has 2 aromatic rings. The summed E-state index contributed by atoms with van der Waals surface area (Å²) in [5.74, 6) is 2.44. The van der Waals surface area contributed by atoms with Crippen molar-refractivity contribution in [3.05, 3.63) is 42.7 Å². The van der Waals surface area contributed by atoms with E-state index in [1.807, 2.05) is 36.7 Å². The molecule has 0 radical (unpaired) electrons. The minimum atomic E-state index is 0.685. The third-order valence-electron chi connectivity index (χ3n) is 5.03. The summed E-state index contributed by atoms with van der Waals surface area (Å²) in [6, 6.07) is 10.2. The second-order valence-electron chi connectivity index (χ2n) is 7.28. The van der Waals surface area contributed by atoms with Crippen molar-refractivity contribution in [2.75, 3.05) is 13.2 Å². The van der Waals surface area contributed by atoms with E-state index in [2.05, 4.69) is 31.8 Å². The summed E-state index contributed by atoms with van der Waals surface area (Å²) >= 11 is 0. The first kappa shape index (κ1) is 21.3. The van der Waals surface area contributed by atoms with Gasteiger partial charge in [0.15, 0.2) is 0 Å². The summed E-state index contributed by atoms with van der Waals surface area (Å²) in [7, 11) is 0. The van der Waals surface area contributed by atoms with Crippen LogP contribution in [0.5, 0.6) is 11.5 Å². The van der Waals surface area contributed by atoms with Gasteiger partial charge in [0.1, 0.15) is 11.5 Å². The van der Waals surface area contributed by atoms with Gasteiger partial charge in [-0.3, -0.25) is 4.98 Å². The van der Waals surface area contributed by atoms with Crippen LogP contribution in [0.15, 0.2) is 42.7 Å².